The Hall–Kier alpha value is -0.950. The number of β-amino-alcohol motifs (C(OH)–C–C–N with tert-alkyl or cyclic N) is 1. The molecule has 1 atom stereocenters. The van der Waals surface area contributed by atoms with Crippen LogP contribution in [0.4, 0.5) is 0 Å². The molecule has 1 aromatic rings. The molecule has 0 spiro atoms. The molecule has 0 aromatic carbocycles. The smallest absolute Gasteiger partial charge is 0.239 e. The Kier molecular flexibility index (Phi) is 5.13. The first kappa shape index (κ1) is 15.9. The average Bonchev–Trinajstić information content (AvgIpc) is 3.02. The molecule has 0 bridgehead atoms. The molecule has 2 aliphatic rings. The normalized spacial score (nSPS) is 21.6. The number of rotatable bonds is 4. The van der Waals surface area contributed by atoms with Crippen molar-refractivity contribution in [3.8, 4) is 0 Å². The summed E-state index contributed by atoms with van der Waals surface area (Å²) in [4.78, 5) is 20.8. The van der Waals surface area contributed by atoms with Crippen molar-refractivity contribution in [2.24, 2.45) is 0 Å². The van der Waals surface area contributed by atoms with Gasteiger partial charge in [0, 0.05) is 50.7 Å². The third-order valence-electron chi connectivity index (χ3n) is 4.85. The molecule has 1 saturated heterocycles. The number of hydrogen-bond donors (Lipinski definition) is 1. The molecule has 22 heavy (non-hydrogen) atoms. The summed E-state index contributed by atoms with van der Waals surface area (Å²) in [5, 5.41) is 11.1. The second-order valence-electron chi connectivity index (χ2n) is 6.16. The molecule has 3 heterocycles. The van der Waals surface area contributed by atoms with Crippen molar-refractivity contribution in [2.45, 2.75) is 25.9 Å². The largest absolute Gasteiger partial charge is 0.395 e. The Bertz CT molecular complexity index is 511. The van der Waals surface area contributed by atoms with Gasteiger partial charge in [0.25, 0.3) is 0 Å². The highest BCUT2D eigenvalue weighted by atomic mass is 32.1. The van der Waals surface area contributed by atoms with E-state index in [1.807, 2.05) is 11.8 Å². The first-order valence-corrected chi connectivity index (χ1v) is 8.98. The highest BCUT2D eigenvalue weighted by Gasteiger charge is 2.30. The summed E-state index contributed by atoms with van der Waals surface area (Å²) < 4.78 is 0. The van der Waals surface area contributed by atoms with Crippen LogP contribution in [0.1, 0.15) is 17.4 Å². The Morgan fingerprint density at radius 2 is 2.09 bits per heavy atom. The maximum absolute atomic E-state index is 12.8. The van der Waals surface area contributed by atoms with Gasteiger partial charge in [0.1, 0.15) is 0 Å². The third kappa shape index (κ3) is 3.35. The van der Waals surface area contributed by atoms with Crippen LogP contribution in [0, 0.1) is 0 Å². The molecule has 3 rings (SSSR count). The number of carbonyl (C=O) groups excluding carboxylic acids is 1. The first-order valence-electron chi connectivity index (χ1n) is 8.10. The van der Waals surface area contributed by atoms with Crippen LogP contribution in [0.5, 0.6) is 0 Å². The van der Waals surface area contributed by atoms with Crippen molar-refractivity contribution < 1.29 is 9.90 Å². The zero-order valence-electron chi connectivity index (χ0n) is 13.2. The number of aliphatic hydroxyl groups is 1. The second kappa shape index (κ2) is 7.08. The van der Waals surface area contributed by atoms with E-state index in [0.717, 1.165) is 52.2 Å². The molecule has 1 N–H and O–H groups in total. The van der Waals surface area contributed by atoms with Gasteiger partial charge in [0.2, 0.25) is 5.91 Å². The van der Waals surface area contributed by atoms with Crippen molar-refractivity contribution in [1.29, 1.82) is 0 Å². The van der Waals surface area contributed by atoms with E-state index in [0.29, 0.717) is 0 Å². The van der Waals surface area contributed by atoms with Gasteiger partial charge in [-0.2, -0.15) is 0 Å². The summed E-state index contributed by atoms with van der Waals surface area (Å²) >= 11 is 1.81. The third-order valence-corrected chi connectivity index (χ3v) is 5.87. The molecule has 122 valence electrons. The Labute approximate surface area is 136 Å². The van der Waals surface area contributed by atoms with Crippen molar-refractivity contribution in [3.63, 3.8) is 0 Å². The number of hydrogen-bond acceptors (Lipinski definition) is 5. The van der Waals surface area contributed by atoms with Crippen LogP contribution >= 0.6 is 11.3 Å². The van der Waals surface area contributed by atoms with E-state index in [-0.39, 0.29) is 18.6 Å². The number of carbonyl (C=O) groups is 1. The van der Waals surface area contributed by atoms with E-state index in [1.54, 1.807) is 11.3 Å². The van der Waals surface area contributed by atoms with Crippen molar-refractivity contribution in [3.05, 3.63) is 21.9 Å². The minimum atomic E-state index is -0.0449. The highest BCUT2D eigenvalue weighted by Crippen LogP contribution is 2.24. The lowest BCUT2D eigenvalue weighted by Crippen LogP contribution is -2.55. The van der Waals surface area contributed by atoms with Crippen molar-refractivity contribution >= 4 is 17.2 Å². The Balaban J connectivity index is 1.54. The maximum atomic E-state index is 12.8. The Morgan fingerprint density at radius 1 is 1.32 bits per heavy atom. The molecule has 1 amide bonds. The summed E-state index contributed by atoms with van der Waals surface area (Å²) in [6, 6.07) is 2.11. The van der Waals surface area contributed by atoms with Crippen LogP contribution in [0.3, 0.4) is 0 Å². The van der Waals surface area contributed by atoms with Gasteiger partial charge in [0.15, 0.2) is 0 Å². The molecule has 5 nitrogen and oxygen atoms in total. The summed E-state index contributed by atoms with van der Waals surface area (Å²) in [7, 11) is 0. The number of piperazine rings is 1. The summed E-state index contributed by atoms with van der Waals surface area (Å²) in [5.74, 6) is 0.257. The number of amides is 1. The molecule has 1 aromatic heterocycles. The van der Waals surface area contributed by atoms with Gasteiger partial charge in [-0.15, -0.1) is 11.3 Å². The van der Waals surface area contributed by atoms with Gasteiger partial charge >= 0.3 is 0 Å². The predicted octanol–water partition coefficient (Wildman–Crippen LogP) is 0.631. The number of nitrogens with zero attached hydrogens (tertiary/aromatic N) is 3. The zero-order valence-corrected chi connectivity index (χ0v) is 14.0. The van der Waals surface area contributed by atoms with Crippen LogP contribution in [0.2, 0.25) is 0 Å². The number of aliphatic hydroxyl groups excluding tert-OH is 1. The number of thiophene rings is 1. The van der Waals surface area contributed by atoms with E-state index < -0.39 is 0 Å². The summed E-state index contributed by atoms with van der Waals surface area (Å²) in [5.41, 5.74) is 1.32. The fourth-order valence-corrected chi connectivity index (χ4v) is 4.26. The molecule has 1 fully saturated rings. The highest BCUT2D eigenvalue weighted by molar-refractivity contribution is 7.10. The molecule has 2 aliphatic heterocycles. The zero-order chi connectivity index (χ0) is 15.5. The lowest BCUT2D eigenvalue weighted by molar-refractivity contribution is -0.138. The molecule has 6 heteroatoms. The van der Waals surface area contributed by atoms with Gasteiger partial charge in [0.05, 0.1) is 12.6 Å². The molecule has 0 aliphatic carbocycles. The standard InChI is InChI=1S/C16H25N3O2S/c1-13(18-7-5-17(6-8-18)9-10-20)16(21)19-4-2-15-14(12-19)3-11-22-15/h3,11,13,20H,2,4-10,12H2,1H3/t13-/m0/s1. The molecular formula is C16H25N3O2S. The van der Waals surface area contributed by atoms with Gasteiger partial charge in [-0.05, 0) is 30.4 Å². The maximum Gasteiger partial charge on any atom is 0.239 e. The molecule has 0 saturated carbocycles. The SMILES string of the molecule is C[C@@H](C(=O)N1CCc2sccc2C1)N1CCN(CCO)CC1. The summed E-state index contributed by atoms with van der Waals surface area (Å²) in [6.07, 6.45) is 0.996. The lowest BCUT2D eigenvalue weighted by Gasteiger charge is -2.39. The van der Waals surface area contributed by atoms with Crippen LogP contribution in [0.15, 0.2) is 11.4 Å². The van der Waals surface area contributed by atoms with E-state index in [4.69, 9.17) is 5.11 Å². The van der Waals surface area contributed by atoms with E-state index in [1.165, 1.54) is 10.4 Å². The quantitative estimate of drug-likeness (QED) is 0.883. The Morgan fingerprint density at radius 3 is 2.82 bits per heavy atom. The van der Waals surface area contributed by atoms with E-state index in [2.05, 4.69) is 21.2 Å². The van der Waals surface area contributed by atoms with Crippen LogP contribution in [-0.4, -0.2) is 77.6 Å². The van der Waals surface area contributed by atoms with Crippen LogP contribution < -0.4 is 0 Å². The summed E-state index contributed by atoms with van der Waals surface area (Å²) in [6.45, 7) is 8.30. The average molecular weight is 323 g/mol. The fourth-order valence-electron chi connectivity index (χ4n) is 3.37. The van der Waals surface area contributed by atoms with Crippen molar-refractivity contribution in [1.82, 2.24) is 14.7 Å². The molecule has 0 unspecified atom stereocenters. The number of fused-ring (bicyclic) bond motifs is 1. The first-order chi connectivity index (χ1) is 10.7. The topological polar surface area (TPSA) is 47.0 Å². The van der Waals surface area contributed by atoms with Gasteiger partial charge < -0.3 is 10.0 Å². The van der Waals surface area contributed by atoms with Crippen LogP contribution in [-0.2, 0) is 17.8 Å². The molecule has 0 radical (unpaired) electrons. The van der Waals surface area contributed by atoms with E-state index >= 15 is 0 Å². The minimum absolute atomic E-state index is 0.0449. The minimum Gasteiger partial charge on any atom is -0.395 e. The van der Waals surface area contributed by atoms with E-state index in [9.17, 15) is 4.79 Å². The molecular weight excluding hydrogens is 298 g/mol. The van der Waals surface area contributed by atoms with Gasteiger partial charge in [-0.1, -0.05) is 0 Å². The van der Waals surface area contributed by atoms with Crippen LogP contribution in [0.25, 0.3) is 0 Å². The van der Waals surface area contributed by atoms with Crippen molar-refractivity contribution in [2.75, 3.05) is 45.9 Å². The second-order valence-corrected chi connectivity index (χ2v) is 7.16. The monoisotopic (exact) mass is 323 g/mol. The van der Waals surface area contributed by atoms with Gasteiger partial charge in [-0.25, -0.2) is 0 Å². The predicted molar refractivity (Wildman–Crippen MR) is 88.0 cm³/mol. The lowest BCUT2D eigenvalue weighted by atomic mass is 10.1. The fraction of sp³-hybridized carbons (Fsp3) is 0.688. The van der Waals surface area contributed by atoms with Gasteiger partial charge in [-0.3, -0.25) is 14.6 Å².